The van der Waals surface area contributed by atoms with Crippen LogP contribution in [0.4, 0.5) is 11.6 Å². The van der Waals surface area contributed by atoms with E-state index in [-0.39, 0.29) is 17.5 Å². The molecule has 0 spiro atoms. The maximum Gasteiger partial charge on any atom is 0.266 e. The molecule has 1 aliphatic heterocycles. The van der Waals surface area contributed by atoms with Gasteiger partial charge < -0.3 is 20.7 Å². The molecule has 7 rings (SSSR count). The Balaban J connectivity index is 0.000000258. The highest BCUT2D eigenvalue weighted by Gasteiger charge is 2.22. The number of piperidine rings is 1. The number of hydrogen-bond donors (Lipinski definition) is 2. The summed E-state index contributed by atoms with van der Waals surface area (Å²) in [6.07, 6.45) is 8.87. The minimum atomic E-state index is -0.203. The van der Waals surface area contributed by atoms with Gasteiger partial charge in [0.2, 0.25) is 5.91 Å². The molecule has 0 saturated carbocycles. The van der Waals surface area contributed by atoms with Crippen molar-refractivity contribution in [3.05, 3.63) is 136 Å². The minimum absolute atomic E-state index is 0.0663. The number of benzene rings is 2. The molecule has 0 bridgehead atoms. The van der Waals surface area contributed by atoms with Crippen LogP contribution < -0.4 is 21.3 Å². The van der Waals surface area contributed by atoms with Crippen LogP contribution in [-0.2, 0) is 4.79 Å². The Bertz CT molecular complexity index is 2080. The van der Waals surface area contributed by atoms with Crippen molar-refractivity contribution in [2.24, 2.45) is 0 Å². The third-order valence-electron chi connectivity index (χ3n) is 7.26. The Morgan fingerprint density at radius 2 is 1.55 bits per heavy atom. The number of aromatic nitrogens is 7. The molecule has 3 N–H and O–H groups in total. The summed E-state index contributed by atoms with van der Waals surface area (Å²) in [6, 6.07) is 21.6. The van der Waals surface area contributed by atoms with E-state index < -0.39 is 0 Å². The summed E-state index contributed by atoms with van der Waals surface area (Å²) in [6.45, 7) is 4.88. The molecular weight excluding hydrogens is 715 g/mol. The predicted molar refractivity (Wildman–Crippen MR) is 198 cm³/mol. The monoisotopic (exact) mass is 744 g/mol. The van der Waals surface area contributed by atoms with E-state index in [4.69, 9.17) is 45.3 Å². The Morgan fingerprint density at radius 1 is 0.882 bits per heavy atom. The molecule has 5 heterocycles. The molecule has 1 amide bonds. The van der Waals surface area contributed by atoms with Crippen molar-refractivity contribution in [3.63, 3.8) is 0 Å². The van der Waals surface area contributed by atoms with Crippen molar-refractivity contribution in [1.29, 1.82) is 0 Å². The zero-order chi connectivity index (χ0) is 36.2. The van der Waals surface area contributed by atoms with Gasteiger partial charge in [0.05, 0.1) is 5.56 Å². The van der Waals surface area contributed by atoms with Crippen LogP contribution in [0.25, 0.3) is 16.8 Å². The first kappa shape index (κ1) is 36.6. The van der Waals surface area contributed by atoms with Crippen LogP contribution in [0.15, 0.2) is 115 Å². The average molecular weight is 746 g/mol. The third-order valence-corrected chi connectivity index (χ3v) is 7.88. The molecule has 2 aromatic carbocycles. The van der Waals surface area contributed by atoms with Crippen molar-refractivity contribution >= 4 is 58.0 Å². The van der Waals surface area contributed by atoms with E-state index in [2.05, 4.69) is 41.8 Å². The maximum absolute atomic E-state index is 13.1. The van der Waals surface area contributed by atoms with Crippen molar-refractivity contribution in [3.8, 4) is 22.6 Å². The van der Waals surface area contributed by atoms with Gasteiger partial charge in [-0.1, -0.05) is 71.7 Å². The van der Waals surface area contributed by atoms with Gasteiger partial charge in [-0.3, -0.25) is 14.0 Å². The molecule has 260 valence electrons. The smallest absolute Gasteiger partial charge is 0.266 e. The number of carbonyl (C=O) groups is 1. The number of nitrogens with zero attached hydrogens (tertiary/aromatic N) is 8. The third kappa shape index (κ3) is 10.7. The SMILES string of the molecule is C=CC(=O)N1CCC[C@@H](Nc2cc3ncc(-c4ccc(Oc5ccccc5)cc4)c(=O)n3cn2)C1.Clc1cc(Cl)ncn1.Nc1cc(Cl)ncn1. The van der Waals surface area contributed by atoms with Gasteiger partial charge in [0.15, 0.2) is 0 Å². The second-order valence-corrected chi connectivity index (χ2v) is 12.0. The van der Waals surface area contributed by atoms with Crippen molar-refractivity contribution in [1.82, 2.24) is 39.2 Å². The Morgan fingerprint density at radius 3 is 2.16 bits per heavy atom. The number of fused-ring (bicyclic) bond motifs is 1. The van der Waals surface area contributed by atoms with Gasteiger partial charge in [-0.05, 0) is 48.7 Å². The highest BCUT2D eigenvalue weighted by atomic mass is 35.5. The van der Waals surface area contributed by atoms with Crippen LogP contribution in [0.3, 0.4) is 0 Å². The molecule has 1 atom stereocenters. The van der Waals surface area contributed by atoms with Crippen LogP contribution in [0, 0.1) is 0 Å². The second-order valence-electron chi connectivity index (χ2n) is 10.8. The normalized spacial score (nSPS) is 13.5. The fourth-order valence-electron chi connectivity index (χ4n) is 4.88. The summed E-state index contributed by atoms with van der Waals surface area (Å²) < 4.78 is 7.26. The van der Waals surface area contributed by atoms with Crippen molar-refractivity contribution < 1.29 is 9.53 Å². The van der Waals surface area contributed by atoms with Gasteiger partial charge in [0, 0.05) is 43.5 Å². The molecule has 1 aliphatic rings. The van der Waals surface area contributed by atoms with Gasteiger partial charge >= 0.3 is 0 Å². The van der Waals surface area contributed by atoms with Crippen LogP contribution in [0.5, 0.6) is 11.5 Å². The van der Waals surface area contributed by atoms with E-state index in [0.717, 1.165) is 30.7 Å². The number of rotatable bonds is 6. The summed E-state index contributed by atoms with van der Waals surface area (Å²) in [5, 5.41) is 4.47. The van der Waals surface area contributed by atoms with Crippen LogP contribution in [-0.4, -0.2) is 64.2 Å². The molecule has 1 fully saturated rings. The number of nitrogen functional groups attached to an aromatic ring is 1. The summed E-state index contributed by atoms with van der Waals surface area (Å²) in [4.78, 5) is 50.2. The van der Waals surface area contributed by atoms with Crippen molar-refractivity contribution in [2.75, 3.05) is 24.1 Å². The van der Waals surface area contributed by atoms with Crippen LogP contribution in [0.2, 0.25) is 15.5 Å². The van der Waals surface area contributed by atoms with Crippen molar-refractivity contribution in [2.45, 2.75) is 18.9 Å². The lowest BCUT2D eigenvalue weighted by Gasteiger charge is -2.32. The molecule has 0 aliphatic carbocycles. The van der Waals surface area contributed by atoms with Gasteiger partial charge in [0.25, 0.3) is 5.56 Å². The van der Waals surface area contributed by atoms with Gasteiger partial charge in [0.1, 0.15) is 63.2 Å². The number of anilines is 2. The molecule has 0 unspecified atom stereocenters. The second kappa shape index (κ2) is 17.9. The summed E-state index contributed by atoms with van der Waals surface area (Å²) >= 11 is 16.2. The summed E-state index contributed by atoms with van der Waals surface area (Å²) in [5.41, 5.74) is 6.73. The quantitative estimate of drug-likeness (QED) is 0.139. The van der Waals surface area contributed by atoms with E-state index in [0.29, 0.717) is 50.6 Å². The zero-order valence-corrected chi connectivity index (χ0v) is 29.2. The first-order valence-electron chi connectivity index (χ1n) is 15.4. The van der Waals surface area contributed by atoms with E-state index in [9.17, 15) is 9.59 Å². The molecule has 4 aromatic heterocycles. The fraction of sp³-hybridized carbons (Fsp3) is 0.143. The maximum atomic E-state index is 13.1. The highest BCUT2D eigenvalue weighted by molar-refractivity contribution is 6.33. The van der Waals surface area contributed by atoms with Crippen LogP contribution >= 0.6 is 34.8 Å². The minimum Gasteiger partial charge on any atom is -0.457 e. The zero-order valence-electron chi connectivity index (χ0n) is 26.9. The molecule has 6 aromatic rings. The summed E-state index contributed by atoms with van der Waals surface area (Å²) in [5.74, 6) is 2.37. The van der Waals surface area contributed by atoms with Gasteiger partial charge in [-0.25, -0.2) is 29.9 Å². The van der Waals surface area contributed by atoms with Gasteiger partial charge in [-0.15, -0.1) is 0 Å². The largest absolute Gasteiger partial charge is 0.457 e. The number of carbonyl (C=O) groups excluding carboxylic acids is 1. The van der Waals surface area contributed by atoms with E-state index in [1.165, 1.54) is 41.6 Å². The Hall–Kier alpha value is -5.63. The van der Waals surface area contributed by atoms with E-state index in [1.54, 1.807) is 17.2 Å². The molecular formula is C35H31Cl3N10O3. The van der Waals surface area contributed by atoms with Gasteiger partial charge in [-0.2, -0.15) is 0 Å². The first-order valence-corrected chi connectivity index (χ1v) is 16.6. The Kier molecular flexibility index (Phi) is 12.8. The summed E-state index contributed by atoms with van der Waals surface area (Å²) in [7, 11) is 0. The predicted octanol–water partition coefficient (Wildman–Crippen LogP) is 6.63. The lowest BCUT2D eigenvalue weighted by atomic mass is 10.1. The first-order chi connectivity index (χ1) is 24.7. The average Bonchev–Trinajstić information content (AvgIpc) is 3.13. The number of ether oxygens (including phenoxy) is 1. The number of para-hydroxylation sites is 1. The fourth-order valence-corrected chi connectivity index (χ4v) is 5.38. The molecule has 1 saturated heterocycles. The molecule has 16 heteroatoms. The number of likely N-dealkylation sites (tertiary alicyclic amines) is 1. The standard InChI is InChI=1S/C27H25N5O3.C4H2Cl2N2.C4H4ClN3/c1-2-26(33)31-14-6-7-20(17-31)30-24-15-25-28-16-23(27(34)32(25)18-29-24)19-10-12-22(13-11-19)35-21-8-4-3-5-9-21;2*5-3-1-4(6)8-2-7-3/h2-5,8-13,15-16,18,20,30H,1,6-7,14,17H2;1-2H;1-2H,(H2,6,7,8)/t20-;;/m1../s1. The van der Waals surface area contributed by atoms with Crippen LogP contribution in [0.1, 0.15) is 12.8 Å². The van der Waals surface area contributed by atoms with E-state index in [1.807, 2.05) is 54.6 Å². The number of amides is 1. The molecule has 0 radical (unpaired) electrons. The number of nitrogens with two attached hydrogens (primary N) is 1. The number of hydrogen-bond acceptors (Lipinski definition) is 11. The Labute approximate surface area is 307 Å². The highest BCUT2D eigenvalue weighted by Crippen LogP contribution is 2.24. The van der Waals surface area contributed by atoms with E-state index >= 15 is 0 Å². The molecule has 13 nitrogen and oxygen atoms in total. The number of nitrogens with one attached hydrogen (secondary N) is 1. The molecule has 51 heavy (non-hydrogen) atoms. The topological polar surface area (TPSA) is 166 Å². The number of halogens is 3. The lowest BCUT2D eigenvalue weighted by molar-refractivity contribution is -0.127. The lowest BCUT2D eigenvalue weighted by Crippen LogP contribution is -2.44.